The Morgan fingerprint density at radius 2 is 1.73 bits per heavy atom. The summed E-state index contributed by atoms with van der Waals surface area (Å²) in [6, 6.07) is 0.268. The third kappa shape index (κ3) is 2.37. The van der Waals surface area contributed by atoms with Crippen LogP contribution in [0.15, 0.2) is 0 Å². The van der Waals surface area contributed by atoms with Crippen LogP contribution in [0.1, 0.15) is 58.4 Å². The van der Waals surface area contributed by atoms with Crippen molar-refractivity contribution in [3.8, 4) is 0 Å². The van der Waals surface area contributed by atoms with Crippen molar-refractivity contribution in [3.63, 3.8) is 0 Å². The van der Waals surface area contributed by atoms with Crippen LogP contribution in [-0.2, 0) is 0 Å². The lowest BCUT2D eigenvalue weighted by Crippen LogP contribution is -2.30. The molecule has 15 heavy (non-hydrogen) atoms. The summed E-state index contributed by atoms with van der Waals surface area (Å²) >= 11 is 0. The Hall–Kier alpha value is -0.900. The van der Waals surface area contributed by atoms with Crippen LogP contribution in [0.5, 0.6) is 0 Å². The van der Waals surface area contributed by atoms with Gasteiger partial charge in [0.1, 0.15) is 5.82 Å². The zero-order chi connectivity index (χ0) is 11.8. The molecule has 0 spiro atoms. The maximum absolute atomic E-state index is 6.20. The van der Waals surface area contributed by atoms with E-state index in [0.29, 0.717) is 6.04 Å². The predicted molar refractivity (Wildman–Crippen MR) is 61.5 cm³/mol. The van der Waals surface area contributed by atoms with Gasteiger partial charge in [0.25, 0.3) is 0 Å². The maximum Gasteiger partial charge on any atom is 0.150 e. The minimum absolute atomic E-state index is 0.00606. The average Bonchev–Trinajstić information content (AvgIpc) is 2.43. The molecule has 0 aliphatic heterocycles. The summed E-state index contributed by atoms with van der Waals surface area (Å²) in [6.07, 6.45) is 0. The first-order valence-corrected chi connectivity index (χ1v) is 5.42. The zero-order valence-corrected chi connectivity index (χ0v) is 10.6. The van der Waals surface area contributed by atoms with E-state index in [9.17, 15) is 0 Å². The summed E-state index contributed by atoms with van der Waals surface area (Å²) in [6.45, 7) is 12.6. The highest BCUT2D eigenvalue weighted by atomic mass is 15.3. The molecule has 1 rings (SSSR count). The molecule has 0 radical (unpaired) electrons. The van der Waals surface area contributed by atoms with E-state index in [1.807, 2.05) is 6.92 Å². The van der Waals surface area contributed by atoms with E-state index in [2.05, 4.69) is 49.4 Å². The fourth-order valence-electron chi connectivity index (χ4n) is 1.62. The van der Waals surface area contributed by atoms with Crippen molar-refractivity contribution < 1.29 is 0 Å². The summed E-state index contributed by atoms with van der Waals surface area (Å²) in [5.41, 5.74) is 6.21. The second-order valence-electron chi connectivity index (χ2n) is 5.41. The van der Waals surface area contributed by atoms with E-state index in [1.165, 1.54) is 0 Å². The van der Waals surface area contributed by atoms with Gasteiger partial charge < -0.3 is 10.3 Å². The first kappa shape index (κ1) is 12.2. The SMILES string of the molecule is Cc1nnc([C@H](N)C(C)(C)C)n1C(C)C. The lowest BCUT2D eigenvalue weighted by molar-refractivity contribution is 0.303. The van der Waals surface area contributed by atoms with Crippen LogP contribution in [0, 0.1) is 12.3 Å². The second-order valence-corrected chi connectivity index (χ2v) is 5.41. The molecule has 0 unspecified atom stereocenters. The highest BCUT2D eigenvalue weighted by molar-refractivity contribution is 5.04. The molecule has 0 bridgehead atoms. The van der Waals surface area contributed by atoms with Gasteiger partial charge in [0.05, 0.1) is 6.04 Å². The van der Waals surface area contributed by atoms with E-state index in [4.69, 9.17) is 5.73 Å². The third-order valence-corrected chi connectivity index (χ3v) is 2.62. The first-order valence-electron chi connectivity index (χ1n) is 5.42. The van der Waals surface area contributed by atoms with E-state index in [1.54, 1.807) is 0 Å². The van der Waals surface area contributed by atoms with Crippen molar-refractivity contribution in [1.29, 1.82) is 0 Å². The van der Waals surface area contributed by atoms with Crippen LogP contribution in [-0.4, -0.2) is 14.8 Å². The molecule has 1 aromatic heterocycles. The molecule has 1 aromatic rings. The molecular formula is C11H22N4. The highest BCUT2D eigenvalue weighted by Crippen LogP contribution is 2.30. The number of nitrogens with two attached hydrogens (primary N) is 1. The van der Waals surface area contributed by atoms with Crippen molar-refractivity contribution in [2.45, 2.75) is 53.6 Å². The Kier molecular flexibility index (Phi) is 3.19. The Balaban J connectivity index is 3.15. The van der Waals surface area contributed by atoms with Crippen LogP contribution >= 0.6 is 0 Å². The number of nitrogens with zero attached hydrogens (tertiary/aromatic N) is 3. The molecule has 0 aliphatic rings. The fourth-order valence-corrected chi connectivity index (χ4v) is 1.62. The number of aryl methyl sites for hydroxylation is 1. The molecule has 0 aromatic carbocycles. The number of hydrogen-bond acceptors (Lipinski definition) is 3. The fraction of sp³-hybridized carbons (Fsp3) is 0.818. The molecule has 1 heterocycles. The van der Waals surface area contributed by atoms with Gasteiger partial charge in [-0.1, -0.05) is 20.8 Å². The first-order chi connectivity index (χ1) is 6.75. The van der Waals surface area contributed by atoms with E-state index in [0.717, 1.165) is 11.6 Å². The minimum Gasteiger partial charge on any atom is -0.321 e. The molecule has 0 saturated heterocycles. The Morgan fingerprint density at radius 1 is 1.20 bits per heavy atom. The Labute approximate surface area is 91.9 Å². The van der Waals surface area contributed by atoms with Crippen LogP contribution < -0.4 is 5.73 Å². The second kappa shape index (κ2) is 3.93. The van der Waals surface area contributed by atoms with Crippen LogP contribution in [0.4, 0.5) is 0 Å². The molecule has 0 fully saturated rings. The molecule has 4 nitrogen and oxygen atoms in total. The van der Waals surface area contributed by atoms with Crippen molar-refractivity contribution >= 4 is 0 Å². The highest BCUT2D eigenvalue weighted by Gasteiger charge is 2.28. The van der Waals surface area contributed by atoms with Gasteiger partial charge in [-0.25, -0.2) is 0 Å². The van der Waals surface area contributed by atoms with Crippen LogP contribution in [0.3, 0.4) is 0 Å². The lowest BCUT2D eigenvalue weighted by Gasteiger charge is -2.27. The molecule has 4 heteroatoms. The van der Waals surface area contributed by atoms with E-state index < -0.39 is 0 Å². The normalized spacial score (nSPS) is 14.7. The number of rotatable bonds is 2. The van der Waals surface area contributed by atoms with Gasteiger partial charge in [0.2, 0.25) is 0 Å². The van der Waals surface area contributed by atoms with Crippen molar-refractivity contribution in [2.75, 3.05) is 0 Å². The van der Waals surface area contributed by atoms with Gasteiger partial charge in [0, 0.05) is 6.04 Å². The Bertz CT molecular complexity index is 333. The van der Waals surface area contributed by atoms with Gasteiger partial charge in [-0.05, 0) is 26.2 Å². The van der Waals surface area contributed by atoms with Crippen LogP contribution in [0.25, 0.3) is 0 Å². The summed E-state index contributed by atoms with van der Waals surface area (Å²) in [5, 5.41) is 8.30. The molecule has 1 atom stereocenters. The number of hydrogen-bond donors (Lipinski definition) is 1. The quantitative estimate of drug-likeness (QED) is 0.814. The average molecular weight is 210 g/mol. The predicted octanol–water partition coefficient (Wildman–Crippen LogP) is 2.21. The van der Waals surface area contributed by atoms with Crippen molar-refractivity contribution in [3.05, 3.63) is 11.6 Å². The van der Waals surface area contributed by atoms with Gasteiger partial charge in [-0.2, -0.15) is 0 Å². The van der Waals surface area contributed by atoms with E-state index >= 15 is 0 Å². The Morgan fingerprint density at radius 3 is 2.13 bits per heavy atom. The van der Waals surface area contributed by atoms with Gasteiger partial charge in [-0.3, -0.25) is 0 Å². The topological polar surface area (TPSA) is 56.7 Å². The molecular weight excluding hydrogens is 188 g/mol. The van der Waals surface area contributed by atoms with Crippen molar-refractivity contribution in [2.24, 2.45) is 11.1 Å². The zero-order valence-electron chi connectivity index (χ0n) is 10.6. The smallest absolute Gasteiger partial charge is 0.150 e. The molecule has 0 amide bonds. The largest absolute Gasteiger partial charge is 0.321 e. The van der Waals surface area contributed by atoms with Gasteiger partial charge in [-0.15, -0.1) is 10.2 Å². The van der Waals surface area contributed by atoms with Gasteiger partial charge >= 0.3 is 0 Å². The number of aromatic nitrogens is 3. The van der Waals surface area contributed by atoms with Crippen LogP contribution in [0.2, 0.25) is 0 Å². The summed E-state index contributed by atoms with van der Waals surface area (Å²) in [5.74, 6) is 1.81. The molecule has 2 N–H and O–H groups in total. The third-order valence-electron chi connectivity index (χ3n) is 2.62. The lowest BCUT2D eigenvalue weighted by atomic mass is 9.87. The standard InChI is InChI=1S/C11H22N4/c1-7(2)15-8(3)13-14-10(15)9(12)11(4,5)6/h7,9H,12H2,1-6H3/t9-/m0/s1. The molecule has 86 valence electrons. The summed E-state index contributed by atoms with van der Waals surface area (Å²) in [4.78, 5) is 0. The maximum atomic E-state index is 6.20. The summed E-state index contributed by atoms with van der Waals surface area (Å²) < 4.78 is 2.11. The molecule has 0 saturated carbocycles. The molecule has 0 aliphatic carbocycles. The van der Waals surface area contributed by atoms with E-state index in [-0.39, 0.29) is 11.5 Å². The minimum atomic E-state index is -0.0823. The monoisotopic (exact) mass is 210 g/mol. The van der Waals surface area contributed by atoms with Crippen molar-refractivity contribution in [1.82, 2.24) is 14.8 Å². The summed E-state index contributed by atoms with van der Waals surface area (Å²) in [7, 11) is 0. The van der Waals surface area contributed by atoms with Gasteiger partial charge in [0.15, 0.2) is 5.82 Å².